The molecule has 1 fully saturated rings. The fourth-order valence-electron chi connectivity index (χ4n) is 2.90. The van der Waals surface area contributed by atoms with E-state index in [0.29, 0.717) is 30.0 Å². The summed E-state index contributed by atoms with van der Waals surface area (Å²) in [4.78, 5) is 0. The van der Waals surface area contributed by atoms with Gasteiger partial charge in [-0.1, -0.05) is 24.6 Å². The van der Waals surface area contributed by atoms with Gasteiger partial charge in [0.1, 0.15) is 5.82 Å². The normalized spacial score (nSPS) is 20.9. The Morgan fingerprint density at radius 2 is 2.00 bits per heavy atom. The highest BCUT2D eigenvalue weighted by atomic mass is 35.5. The van der Waals surface area contributed by atoms with Crippen molar-refractivity contribution in [2.24, 2.45) is 5.92 Å². The van der Waals surface area contributed by atoms with Crippen molar-refractivity contribution in [2.45, 2.75) is 44.6 Å². The molecule has 1 aromatic carbocycles. The van der Waals surface area contributed by atoms with E-state index in [1.54, 1.807) is 12.1 Å². The molecule has 0 heterocycles. The minimum absolute atomic E-state index is 0.0326. The molecule has 0 radical (unpaired) electrons. The average molecular weight is 306 g/mol. The smallest absolute Gasteiger partial charge is 0.248 e. The van der Waals surface area contributed by atoms with Gasteiger partial charge in [0.05, 0.1) is 0 Å². The van der Waals surface area contributed by atoms with E-state index < -0.39 is 5.92 Å². The van der Waals surface area contributed by atoms with Crippen LogP contribution in [-0.2, 0) is 0 Å². The zero-order valence-electron chi connectivity index (χ0n) is 11.4. The molecule has 1 aliphatic carbocycles. The first-order valence-corrected chi connectivity index (χ1v) is 7.37. The van der Waals surface area contributed by atoms with Crippen LogP contribution in [0, 0.1) is 11.7 Å². The molecule has 1 atom stereocenters. The lowest BCUT2D eigenvalue weighted by molar-refractivity contribution is -0.0498. The molecular weight excluding hydrogens is 287 g/mol. The van der Waals surface area contributed by atoms with Gasteiger partial charge in [0.2, 0.25) is 5.92 Å². The molecule has 1 N–H and O–H groups in total. The van der Waals surface area contributed by atoms with Gasteiger partial charge in [-0.25, -0.2) is 13.2 Å². The van der Waals surface area contributed by atoms with E-state index in [-0.39, 0.29) is 30.6 Å². The number of hydrogen-bond donors (Lipinski definition) is 1. The van der Waals surface area contributed by atoms with Crippen LogP contribution in [0.1, 0.15) is 44.2 Å². The summed E-state index contributed by atoms with van der Waals surface area (Å²) in [5, 5.41) is 3.57. The highest BCUT2D eigenvalue weighted by Crippen LogP contribution is 2.41. The van der Waals surface area contributed by atoms with Crippen molar-refractivity contribution in [2.75, 3.05) is 6.54 Å². The Morgan fingerprint density at radius 1 is 1.35 bits per heavy atom. The van der Waals surface area contributed by atoms with Crippen molar-refractivity contribution in [3.05, 3.63) is 34.6 Å². The SMILES string of the molecule is CCNC(c1ccc(Cl)cc1F)C1CCC(F)(F)CC1. The molecule has 0 amide bonds. The van der Waals surface area contributed by atoms with Crippen molar-refractivity contribution in [1.82, 2.24) is 5.32 Å². The van der Waals surface area contributed by atoms with E-state index in [2.05, 4.69) is 5.32 Å². The van der Waals surface area contributed by atoms with Gasteiger partial charge in [0.15, 0.2) is 0 Å². The van der Waals surface area contributed by atoms with Crippen molar-refractivity contribution >= 4 is 11.6 Å². The quantitative estimate of drug-likeness (QED) is 0.829. The average Bonchev–Trinajstić information content (AvgIpc) is 2.37. The molecular formula is C15H19ClF3N. The molecule has 20 heavy (non-hydrogen) atoms. The Balaban J connectivity index is 2.19. The fraction of sp³-hybridized carbons (Fsp3) is 0.600. The molecule has 0 aliphatic heterocycles. The predicted molar refractivity (Wildman–Crippen MR) is 74.7 cm³/mol. The van der Waals surface area contributed by atoms with E-state index in [4.69, 9.17) is 11.6 Å². The van der Waals surface area contributed by atoms with E-state index in [9.17, 15) is 13.2 Å². The van der Waals surface area contributed by atoms with Crippen molar-refractivity contribution in [1.29, 1.82) is 0 Å². The Hall–Kier alpha value is -0.740. The van der Waals surface area contributed by atoms with Gasteiger partial charge in [0.25, 0.3) is 0 Å². The van der Waals surface area contributed by atoms with E-state index in [0.717, 1.165) is 0 Å². The van der Waals surface area contributed by atoms with Crippen LogP contribution in [0.2, 0.25) is 5.02 Å². The van der Waals surface area contributed by atoms with Crippen LogP contribution >= 0.6 is 11.6 Å². The second kappa shape index (κ2) is 6.35. The third kappa shape index (κ3) is 3.67. The molecule has 2 rings (SSSR count). The molecule has 1 aliphatic rings. The van der Waals surface area contributed by atoms with Crippen molar-refractivity contribution in [3.8, 4) is 0 Å². The molecule has 0 bridgehead atoms. The lowest BCUT2D eigenvalue weighted by atomic mass is 9.79. The first-order valence-electron chi connectivity index (χ1n) is 6.99. The number of alkyl halides is 2. The fourth-order valence-corrected chi connectivity index (χ4v) is 3.06. The van der Waals surface area contributed by atoms with Crippen molar-refractivity contribution in [3.63, 3.8) is 0 Å². The molecule has 5 heteroatoms. The Labute approximate surface area is 122 Å². The van der Waals surface area contributed by atoms with Crippen LogP contribution in [-0.4, -0.2) is 12.5 Å². The van der Waals surface area contributed by atoms with E-state index in [1.165, 1.54) is 6.07 Å². The van der Waals surface area contributed by atoms with Crippen LogP contribution in [0.5, 0.6) is 0 Å². The molecule has 0 saturated heterocycles. The summed E-state index contributed by atoms with van der Waals surface area (Å²) in [6.45, 7) is 2.60. The molecule has 1 unspecified atom stereocenters. The minimum Gasteiger partial charge on any atom is -0.310 e. The number of halogens is 4. The van der Waals surface area contributed by atoms with Crippen LogP contribution in [0.25, 0.3) is 0 Å². The topological polar surface area (TPSA) is 12.0 Å². The number of nitrogens with one attached hydrogen (secondary N) is 1. The zero-order chi connectivity index (χ0) is 14.8. The summed E-state index contributed by atoms with van der Waals surface area (Å²) in [5.74, 6) is -2.91. The Kier molecular flexibility index (Phi) is 4.97. The van der Waals surface area contributed by atoms with Gasteiger partial charge in [-0.05, 0) is 37.4 Å². The van der Waals surface area contributed by atoms with Gasteiger partial charge >= 0.3 is 0 Å². The zero-order valence-corrected chi connectivity index (χ0v) is 12.2. The number of rotatable bonds is 4. The predicted octanol–water partition coefficient (Wildman–Crippen LogP) is 4.96. The summed E-state index contributed by atoms with van der Waals surface area (Å²) >= 11 is 5.76. The molecule has 112 valence electrons. The summed E-state index contributed by atoms with van der Waals surface area (Å²) in [5.41, 5.74) is 0.520. The number of benzene rings is 1. The molecule has 1 saturated carbocycles. The van der Waals surface area contributed by atoms with Gasteiger partial charge in [-0.2, -0.15) is 0 Å². The molecule has 0 spiro atoms. The maximum Gasteiger partial charge on any atom is 0.248 e. The third-order valence-corrected chi connectivity index (χ3v) is 4.19. The highest BCUT2D eigenvalue weighted by Gasteiger charge is 2.38. The molecule has 0 aromatic heterocycles. The maximum absolute atomic E-state index is 14.1. The molecule has 1 nitrogen and oxygen atoms in total. The second-order valence-electron chi connectivity index (χ2n) is 5.39. The Morgan fingerprint density at radius 3 is 2.55 bits per heavy atom. The minimum atomic E-state index is -2.56. The molecule has 1 aromatic rings. The monoisotopic (exact) mass is 305 g/mol. The summed E-state index contributed by atoms with van der Waals surface area (Å²) in [6, 6.07) is 4.34. The lowest BCUT2D eigenvalue weighted by Crippen LogP contribution is -2.34. The van der Waals surface area contributed by atoms with Gasteiger partial charge in [0, 0.05) is 29.5 Å². The van der Waals surface area contributed by atoms with Crippen molar-refractivity contribution < 1.29 is 13.2 Å². The van der Waals surface area contributed by atoms with Crippen LogP contribution in [0.3, 0.4) is 0 Å². The summed E-state index contributed by atoms with van der Waals surface area (Å²) in [6.07, 6.45) is 0.586. The first-order chi connectivity index (χ1) is 9.43. The van der Waals surface area contributed by atoms with Gasteiger partial charge in [-0.15, -0.1) is 0 Å². The summed E-state index contributed by atoms with van der Waals surface area (Å²) < 4.78 is 40.6. The lowest BCUT2D eigenvalue weighted by Gasteiger charge is -2.34. The van der Waals surface area contributed by atoms with Crippen LogP contribution in [0.15, 0.2) is 18.2 Å². The summed E-state index contributed by atoms with van der Waals surface area (Å²) in [7, 11) is 0. The van der Waals surface area contributed by atoms with Gasteiger partial charge in [-0.3, -0.25) is 0 Å². The van der Waals surface area contributed by atoms with Crippen LogP contribution in [0.4, 0.5) is 13.2 Å². The van der Waals surface area contributed by atoms with Gasteiger partial charge < -0.3 is 5.32 Å². The standard InChI is InChI=1S/C15H19ClF3N/c1-2-20-14(10-5-7-15(18,19)8-6-10)12-4-3-11(16)9-13(12)17/h3-4,9-10,14,20H,2,5-8H2,1H3. The van der Waals surface area contributed by atoms with E-state index >= 15 is 0 Å². The Bertz CT molecular complexity index is 454. The number of hydrogen-bond acceptors (Lipinski definition) is 1. The maximum atomic E-state index is 14.1. The van der Waals surface area contributed by atoms with E-state index in [1.807, 2.05) is 6.92 Å². The van der Waals surface area contributed by atoms with Crippen LogP contribution < -0.4 is 5.32 Å². The third-order valence-electron chi connectivity index (χ3n) is 3.95. The highest BCUT2D eigenvalue weighted by molar-refractivity contribution is 6.30. The first kappa shape index (κ1) is 15.6. The largest absolute Gasteiger partial charge is 0.310 e. The second-order valence-corrected chi connectivity index (χ2v) is 5.83.